The number of benzene rings is 1. The Bertz CT molecular complexity index is 616. The highest BCUT2D eigenvalue weighted by molar-refractivity contribution is 5.91. The van der Waals surface area contributed by atoms with Crippen molar-refractivity contribution in [1.29, 1.82) is 0 Å². The third-order valence-corrected chi connectivity index (χ3v) is 4.06. The Morgan fingerprint density at radius 3 is 2.62 bits per heavy atom. The number of rotatable bonds is 8. The van der Waals surface area contributed by atoms with Crippen LogP contribution in [0.15, 0.2) is 40.9 Å². The molecular weight excluding hydrogens is 326 g/mol. The van der Waals surface area contributed by atoms with Crippen LogP contribution >= 0.6 is 12.4 Å². The highest BCUT2D eigenvalue weighted by atomic mass is 35.5. The normalized spacial score (nSPS) is 11.6. The van der Waals surface area contributed by atoms with Gasteiger partial charge in [-0.15, -0.1) is 12.4 Å². The molecule has 24 heavy (non-hydrogen) atoms. The Hall–Kier alpha value is -1.85. The number of nitrogens with zero attached hydrogens (tertiary/aromatic N) is 2. The lowest BCUT2D eigenvalue weighted by Crippen LogP contribution is -2.36. The van der Waals surface area contributed by atoms with E-state index in [2.05, 4.69) is 31.1 Å². The molecule has 0 aliphatic carbocycles. The molecule has 0 bridgehead atoms. The van der Waals surface area contributed by atoms with E-state index in [9.17, 15) is 4.79 Å². The van der Waals surface area contributed by atoms with Gasteiger partial charge in [-0.05, 0) is 18.4 Å². The number of hydrogen-bond donors (Lipinski definition) is 1. The van der Waals surface area contributed by atoms with Gasteiger partial charge in [0.2, 0.25) is 5.76 Å². The van der Waals surface area contributed by atoms with Crippen LogP contribution in [0.3, 0.4) is 0 Å². The van der Waals surface area contributed by atoms with E-state index in [0.29, 0.717) is 25.4 Å². The van der Waals surface area contributed by atoms with Crippen molar-refractivity contribution in [2.24, 2.45) is 5.73 Å². The molecule has 0 spiro atoms. The van der Waals surface area contributed by atoms with Gasteiger partial charge >= 0.3 is 0 Å². The largest absolute Gasteiger partial charge is 0.351 e. The predicted octanol–water partition coefficient (Wildman–Crippen LogP) is 3.25. The summed E-state index contributed by atoms with van der Waals surface area (Å²) in [5, 5.41) is 4.02. The highest BCUT2D eigenvalue weighted by Gasteiger charge is 2.21. The van der Waals surface area contributed by atoms with E-state index in [4.69, 9.17) is 10.3 Å². The summed E-state index contributed by atoms with van der Waals surface area (Å²) in [6.45, 7) is 5.69. The molecule has 2 rings (SSSR count). The molecule has 1 heterocycles. The number of nitrogens with two attached hydrogens (primary N) is 1. The first-order chi connectivity index (χ1) is 11.2. The minimum absolute atomic E-state index is 0. The summed E-state index contributed by atoms with van der Waals surface area (Å²) in [5.41, 5.74) is 7.67. The van der Waals surface area contributed by atoms with E-state index < -0.39 is 0 Å². The average Bonchev–Trinajstić information content (AvgIpc) is 3.08. The molecular formula is C18H26ClN3O2. The van der Waals surface area contributed by atoms with Crippen LogP contribution in [0.25, 0.3) is 0 Å². The van der Waals surface area contributed by atoms with E-state index in [1.165, 1.54) is 5.56 Å². The molecule has 6 heteroatoms. The van der Waals surface area contributed by atoms with Crippen LogP contribution in [0.4, 0.5) is 0 Å². The zero-order valence-electron chi connectivity index (χ0n) is 14.3. The summed E-state index contributed by atoms with van der Waals surface area (Å²) in [5.74, 6) is 0.433. The zero-order chi connectivity index (χ0) is 16.7. The molecule has 132 valence electrons. The number of carbonyl (C=O) groups is 1. The lowest BCUT2D eigenvalue weighted by Gasteiger charge is -2.20. The van der Waals surface area contributed by atoms with Crippen molar-refractivity contribution in [3.05, 3.63) is 53.4 Å². The second-order valence-electron chi connectivity index (χ2n) is 5.74. The second kappa shape index (κ2) is 10.1. The van der Waals surface area contributed by atoms with Gasteiger partial charge in [0, 0.05) is 31.6 Å². The molecule has 1 amide bonds. The average molecular weight is 352 g/mol. The smallest absolute Gasteiger partial charge is 0.292 e. The Kier molecular flexibility index (Phi) is 8.50. The van der Waals surface area contributed by atoms with Crippen molar-refractivity contribution in [3.63, 3.8) is 0 Å². The van der Waals surface area contributed by atoms with Crippen LogP contribution < -0.4 is 5.73 Å². The maximum absolute atomic E-state index is 12.6. The lowest BCUT2D eigenvalue weighted by atomic mass is 10.1. The summed E-state index contributed by atoms with van der Waals surface area (Å²) < 4.78 is 5.25. The van der Waals surface area contributed by atoms with Gasteiger partial charge in [0.05, 0.1) is 5.69 Å². The maximum Gasteiger partial charge on any atom is 0.292 e. The summed E-state index contributed by atoms with van der Waals surface area (Å²) in [4.78, 5) is 14.3. The number of halogens is 1. The molecule has 1 unspecified atom stereocenters. The SMILES string of the molecule is CCC(C)c1cc(C(=O)N(CCN)CCc2ccccc2)on1.Cl. The molecule has 1 aromatic heterocycles. The molecule has 0 fully saturated rings. The minimum Gasteiger partial charge on any atom is -0.351 e. The van der Waals surface area contributed by atoms with Crippen LogP contribution in [-0.4, -0.2) is 35.6 Å². The topological polar surface area (TPSA) is 72.4 Å². The zero-order valence-corrected chi connectivity index (χ0v) is 15.1. The van der Waals surface area contributed by atoms with Gasteiger partial charge in [-0.3, -0.25) is 4.79 Å². The molecule has 1 aromatic carbocycles. The van der Waals surface area contributed by atoms with Gasteiger partial charge in [0.1, 0.15) is 0 Å². The Labute approximate surface area is 149 Å². The van der Waals surface area contributed by atoms with Crippen molar-refractivity contribution in [2.45, 2.75) is 32.6 Å². The molecule has 0 radical (unpaired) electrons. The quantitative estimate of drug-likeness (QED) is 0.792. The van der Waals surface area contributed by atoms with E-state index >= 15 is 0 Å². The molecule has 2 N–H and O–H groups in total. The van der Waals surface area contributed by atoms with E-state index in [1.807, 2.05) is 18.2 Å². The molecule has 5 nitrogen and oxygen atoms in total. The minimum atomic E-state index is -0.145. The van der Waals surface area contributed by atoms with Crippen LogP contribution in [0.2, 0.25) is 0 Å². The van der Waals surface area contributed by atoms with Gasteiger partial charge in [-0.2, -0.15) is 0 Å². The summed E-state index contributed by atoms with van der Waals surface area (Å²) in [6.07, 6.45) is 1.75. The number of hydrogen-bond acceptors (Lipinski definition) is 4. The van der Waals surface area contributed by atoms with Crippen molar-refractivity contribution in [1.82, 2.24) is 10.1 Å². The first-order valence-corrected chi connectivity index (χ1v) is 8.15. The van der Waals surface area contributed by atoms with Crippen molar-refractivity contribution in [3.8, 4) is 0 Å². The van der Waals surface area contributed by atoms with Gasteiger partial charge in [0.25, 0.3) is 5.91 Å². The predicted molar refractivity (Wildman–Crippen MR) is 97.6 cm³/mol. The fourth-order valence-corrected chi connectivity index (χ4v) is 2.37. The number of amides is 1. The molecule has 0 aliphatic rings. The monoisotopic (exact) mass is 351 g/mol. The van der Waals surface area contributed by atoms with Gasteiger partial charge in [-0.25, -0.2) is 0 Å². The number of carbonyl (C=O) groups excluding carboxylic acids is 1. The third kappa shape index (κ3) is 5.35. The van der Waals surface area contributed by atoms with Crippen molar-refractivity contribution >= 4 is 18.3 Å². The van der Waals surface area contributed by atoms with Gasteiger partial charge < -0.3 is 15.2 Å². The highest BCUT2D eigenvalue weighted by Crippen LogP contribution is 2.19. The first kappa shape index (κ1) is 20.2. The Morgan fingerprint density at radius 1 is 1.29 bits per heavy atom. The van der Waals surface area contributed by atoms with E-state index in [0.717, 1.165) is 18.5 Å². The summed E-state index contributed by atoms with van der Waals surface area (Å²) >= 11 is 0. The molecule has 0 saturated heterocycles. The second-order valence-corrected chi connectivity index (χ2v) is 5.74. The molecule has 1 atom stereocenters. The standard InChI is InChI=1S/C18H25N3O2.ClH/c1-3-14(2)16-13-17(23-20-16)18(22)21(12-10-19)11-9-15-7-5-4-6-8-15;/h4-8,13-14H,3,9-12,19H2,1-2H3;1H. The fourth-order valence-electron chi connectivity index (χ4n) is 2.37. The third-order valence-electron chi connectivity index (χ3n) is 4.06. The van der Waals surface area contributed by atoms with Crippen LogP contribution in [-0.2, 0) is 6.42 Å². The van der Waals surface area contributed by atoms with Crippen molar-refractivity contribution < 1.29 is 9.32 Å². The Morgan fingerprint density at radius 2 is 2.00 bits per heavy atom. The lowest BCUT2D eigenvalue weighted by molar-refractivity contribution is 0.0720. The summed E-state index contributed by atoms with van der Waals surface area (Å²) in [7, 11) is 0. The van der Waals surface area contributed by atoms with Crippen LogP contribution in [0, 0.1) is 0 Å². The van der Waals surface area contributed by atoms with Gasteiger partial charge in [-0.1, -0.05) is 49.3 Å². The molecule has 0 saturated carbocycles. The molecule has 2 aromatic rings. The maximum atomic E-state index is 12.6. The van der Waals surface area contributed by atoms with Crippen molar-refractivity contribution in [2.75, 3.05) is 19.6 Å². The summed E-state index contributed by atoms with van der Waals surface area (Å²) in [6, 6.07) is 11.8. The van der Waals surface area contributed by atoms with Crippen LogP contribution in [0.1, 0.15) is 48.0 Å². The number of aromatic nitrogens is 1. The Balaban J connectivity index is 0.00000288. The fraction of sp³-hybridized carbons (Fsp3) is 0.444. The molecule has 0 aliphatic heterocycles. The van der Waals surface area contributed by atoms with E-state index in [1.54, 1.807) is 11.0 Å². The van der Waals surface area contributed by atoms with E-state index in [-0.39, 0.29) is 24.2 Å². The first-order valence-electron chi connectivity index (χ1n) is 8.15. The van der Waals surface area contributed by atoms with Crippen LogP contribution in [0.5, 0.6) is 0 Å². The van der Waals surface area contributed by atoms with Gasteiger partial charge in [0.15, 0.2) is 0 Å².